The zero-order valence-corrected chi connectivity index (χ0v) is 9.52. The molecule has 0 spiro atoms. The second-order valence-corrected chi connectivity index (χ2v) is 3.10. The predicted molar refractivity (Wildman–Crippen MR) is 55.2 cm³/mol. The number of carbonyl (C=O) groups excluding carboxylic acids is 1. The van der Waals surface area contributed by atoms with Crippen molar-refractivity contribution in [3.05, 3.63) is 0 Å². The van der Waals surface area contributed by atoms with Crippen LogP contribution in [0.3, 0.4) is 0 Å². The van der Waals surface area contributed by atoms with Gasteiger partial charge in [0.1, 0.15) is 6.10 Å². The van der Waals surface area contributed by atoms with Crippen LogP contribution in [0.5, 0.6) is 0 Å². The summed E-state index contributed by atoms with van der Waals surface area (Å²) in [5.41, 5.74) is 0. The third-order valence-electron chi connectivity index (χ3n) is 2.07. The summed E-state index contributed by atoms with van der Waals surface area (Å²) in [6.07, 6.45) is -0.146. The first kappa shape index (κ1) is 13.9. The highest BCUT2D eigenvalue weighted by atomic mass is 16.5. The van der Waals surface area contributed by atoms with E-state index in [-0.39, 0.29) is 5.91 Å². The zero-order valence-electron chi connectivity index (χ0n) is 9.52. The Morgan fingerprint density at radius 1 is 1.47 bits per heavy atom. The lowest BCUT2D eigenvalue weighted by molar-refractivity contribution is -0.141. The maximum absolute atomic E-state index is 11.7. The summed E-state index contributed by atoms with van der Waals surface area (Å²) in [6, 6.07) is 2.01. The first-order valence-corrected chi connectivity index (χ1v) is 4.84. The Balaban J connectivity index is 4.20. The molecule has 86 valence electrons. The van der Waals surface area contributed by atoms with Gasteiger partial charge in [0.15, 0.2) is 0 Å². The largest absolute Gasteiger partial charge is 0.383 e. The van der Waals surface area contributed by atoms with Gasteiger partial charge in [0.05, 0.1) is 19.1 Å². The molecule has 0 aliphatic carbocycles. The van der Waals surface area contributed by atoms with E-state index in [1.807, 2.05) is 6.07 Å². The van der Waals surface area contributed by atoms with Crippen molar-refractivity contribution < 1.29 is 14.3 Å². The van der Waals surface area contributed by atoms with E-state index in [1.165, 1.54) is 7.11 Å². The number of hydrogen-bond donors (Lipinski definition) is 0. The Bertz CT molecular complexity index is 225. The van der Waals surface area contributed by atoms with Gasteiger partial charge < -0.3 is 14.4 Å². The lowest BCUT2D eigenvalue weighted by Gasteiger charge is -2.23. The molecule has 0 aromatic rings. The molecular formula is C10H18N2O3. The smallest absolute Gasteiger partial charge is 0.251 e. The lowest BCUT2D eigenvalue weighted by Crippen LogP contribution is -2.41. The van der Waals surface area contributed by atoms with Crippen LogP contribution in [0.1, 0.15) is 13.3 Å². The van der Waals surface area contributed by atoms with Crippen LogP contribution < -0.4 is 0 Å². The third-order valence-corrected chi connectivity index (χ3v) is 2.07. The predicted octanol–water partition coefficient (Wildman–Crippen LogP) is 0.410. The maximum atomic E-state index is 11.7. The minimum Gasteiger partial charge on any atom is -0.383 e. The molecule has 5 nitrogen and oxygen atoms in total. The van der Waals surface area contributed by atoms with E-state index in [9.17, 15) is 4.79 Å². The van der Waals surface area contributed by atoms with E-state index >= 15 is 0 Å². The number of nitriles is 1. The summed E-state index contributed by atoms with van der Waals surface area (Å²) in [5, 5.41) is 8.47. The Morgan fingerprint density at radius 3 is 2.60 bits per heavy atom. The van der Waals surface area contributed by atoms with Crippen molar-refractivity contribution in [1.29, 1.82) is 5.26 Å². The molecule has 5 heteroatoms. The fraction of sp³-hybridized carbons (Fsp3) is 0.800. The monoisotopic (exact) mass is 214 g/mol. The molecule has 0 N–H and O–H groups in total. The van der Waals surface area contributed by atoms with Crippen molar-refractivity contribution in [2.45, 2.75) is 19.4 Å². The summed E-state index contributed by atoms with van der Waals surface area (Å²) < 4.78 is 9.84. The highest BCUT2D eigenvalue weighted by Gasteiger charge is 2.19. The normalized spacial score (nSPS) is 11.9. The van der Waals surface area contributed by atoms with Crippen LogP contribution >= 0.6 is 0 Å². The Kier molecular flexibility index (Phi) is 7.60. The molecule has 0 aromatic heterocycles. The van der Waals surface area contributed by atoms with E-state index in [0.29, 0.717) is 26.1 Å². The van der Waals surface area contributed by atoms with Crippen LogP contribution in [-0.4, -0.2) is 50.8 Å². The first-order valence-electron chi connectivity index (χ1n) is 4.84. The number of methoxy groups -OCH3 is 2. The van der Waals surface area contributed by atoms with Gasteiger partial charge in [-0.25, -0.2) is 0 Å². The molecule has 0 rings (SSSR count). The maximum Gasteiger partial charge on any atom is 0.251 e. The van der Waals surface area contributed by atoms with Crippen LogP contribution in [0.2, 0.25) is 0 Å². The number of ether oxygens (including phenoxy) is 2. The molecule has 15 heavy (non-hydrogen) atoms. The lowest BCUT2D eigenvalue weighted by atomic mass is 10.3. The van der Waals surface area contributed by atoms with E-state index in [1.54, 1.807) is 18.9 Å². The van der Waals surface area contributed by atoms with Crippen LogP contribution in [0, 0.1) is 11.3 Å². The highest BCUT2D eigenvalue weighted by Crippen LogP contribution is 1.99. The Hall–Kier alpha value is -1.12. The van der Waals surface area contributed by atoms with E-state index in [4.69, 9.17) is 14.7 Å². The van der Waals surface area contributed by atoms with Crippen molar-refractivity contribution in [3.63, 3.8) is 0 Å². The van der Waals surface area contributed by atoms with Gasteiger partial charge in [-0.2, -0.15) is 5.26 Å². The summed E-state index contributed by atoms with van der Waals surface area (Å²) in [7, 11) is 3.06. The van der Waals surface area contributed by atoms with Gasteiger partial charge in [-0.05, 0) is 6.92 Å². The summed E-state index contributed by atoms with van der Waals surface area (Å²) in [5.74, 6) is -0.107. The highest BCUT2D eigenvalue weighted by molar-refractivity contribution is 5.80. The fourth-order valence-corrected chi connectivity index (χ4v) is 1.08. The molecule has 0 fully saturated rings. The molecule has 0 saturated carbocycles. The molecule has 0 saturated heterocycles. The number of rotatable bonds is 7. The second-order valence-electron chi connectivity index (χ2n) is 3.10. The average molecular weight is 214 g/mol. The standard InChI is InChI=1S/C10H18N2O3/c1-9(15-3)10(13)12(6-4-5-11)7-8-14-2/h9H,4,6-8H2,1-3H3. The Labute approximate surface area is 90.6 Å². The van der Waals surface area contributed by atoms with Gasteiger partial charge in [-0.1, -0.05) is 0 Å². The molecule has 0 heterocycles. The first-order chi connectivity index (χ1) is 7.17. The van der Waals surface area contributed by atoms with E-state index in [0.717, 1.165) is 0 Å². The topological polar surface area (TPSA) is 62.6 Å². The van der Waals surface area contributed by atoms with Crippen LogP contribution in [0.25, 0.3) is 0 Å². The van der Waals surface area contributed by atoms with Gasteiger partial charge in [0.25, 0.3) is 5.91 Å². The molecule has 0 aromatic carbocycles. The van der Waals surface area contributed by atoms with Gasteiger partial charge in [0.2, 0.25) is 0 Å². The number of carbonyl (C=O) groups is 1. The summed E-state index contributed by atoms with van der Waals surface area (Å²) in [6.45, 7) is 3.07. The van der Waals surface area contributed by atoms with Gasteiger partial charge >= 0.3 is 0 Å². The third kappa shape index (κ3) is 5.35. The second kappa shape index (κ2) is 8.21. The number of amides is 1. The van der Waals surface area contributed by atoms with Gasteiger partial charge in [0, 0.05) is 27.3 Å². The van der Waals surface area contributed by atoms with Crippen molar-refractivity contribution in [2.75, 3.05) is 33.9 Å². The molecule has 0 aliphatic rings. The summed E-state index contributed by atoms with van der Waals surface area (Å²) in [4.78, 5) is 13.3. The van der Waals surface area contributed by atoms with Crippen molar-refractivity contribution in [1.82, 2.24) is 4.90 Å². The zero-order chi connectivity index (χ0) is 11.7. The number of hydrogen-bond acceptors (Lipinski definition) is 4. The molecule has 1 atom stereocenters. The average Bonchev–Trinajstić information content (AvgIpc) is 2.27. The molecule has 0 bridgehead atoms. The quantitative estimate of drug-likeness (QED) is 0.615. The van der Waals surface area contributed by atoms with Gasteiger partial charge in [-0.3, -0.25) is 4.79 Å². The molecule has 0 aliphatic heterocycles. The van der Waals surface area contributed by atoms with E-state index < -0.39 is 6.10 Å². The minimum absolute atomic E-state index is 0.107. The van der Waals surface area contributed by atoms with Crippen LogP contribution in [0.4, 0.5) is 0 Å². The van der Waals surface area contributed by atoms with Crippen molar-refractivity contribution in [2.24, 2.45) is 0 Å². The van der Waals surface area contributed by atoms with Crippen molar-refractivity contribution in [3.8, 4) is 6.07 Å². The minimum atomic E-state index is -0.472. The molecule has 0 radical (unpaired) electrons. The van der Waals surface area contributed by atoms with Crippen LogP contribution in [0.15, 0.2) is 0 Å². The summed E-state index contributed by atoms with van der Waals surface area (Å²) >= 11 is 0. The molecule has 1 unspecified atom stereocenters. The Morgan fingerprint density at radius 2 is 2.13 bits per heavy atom. The molecular weight excluding hydrogens is 196 g/mol. The molecule has 1 amide bonds. The fourth-order valence-electron chi connectivity index (χ4n) is 1.08. The van der Waals surface area contributed by atoms with Crippen molar-refractivity contribution >= 4 is 5.91 Å². The van der Waals surface area contributed by atoms with Gasteiger partial charge in [-0.15, -0.1) is 0 Å². The number of nitrogens with zero attached hydrogens (tertiary/aromatic N) is 2. The van der Waals surface area contributed by atoms with Crippen LogP contribution in [-0.2, 0) is 14.3 Å². The SMILES string of the molecule is COCCN(CCC#N)C(=O)C(C)OC. The van der Waals surface area contributed by atoms with E-state index in [2.05, 4.69) is 0 Å².